The lowest BCUT2D eigenvalue weighted by Crippen LogP contribution is -2.01. The number of rotatable bonds is 9. The molecular formula is C12H20O4. The zero-order valence-electron chi connectivity index (χ0n) is 9.74. The summed E-state index contributed by atoms with van der Waals surface area (Å²) in [5.74, 6) is -1.71. The van der Waals surface area contributed by atoms with Gasteiger partial charge in [0, 0.05) is 12.0 Å². The largest absolute Gasteiger partial charge is 0.481 e. The number of carboxylic acids is 2. The van der Waals surface area contributed by atoms with Crippen LogP contribution in [0.1, 0.15) is 51.9 Å². The Balaban J connectivity index is 3.90. The van der Waals surface area contributed by atoms with Crippen molar-refractivity contribution in [3.05, 3.63) is 11.6 Å². The molecule has 0 aliphatic carbocycles. The molecule has 0 saturated carbocycles. The Kier molecular flexibility index (Phi) is 8.21. The summed E-state index contributed by atoms with van der Waals surface area (Å²) in [6.07, 6.45) is 6.32. The minimum absolute atomic E-state index is 0.113. The van der Waals surface area contributed by atoms with Crippen molar-refractivity contribution in [2.24, 2.45) is 0 Å². The first-order valence-corrected chi connectivity index (χ1v) is 5.72. The average Bonchev–Trinajstić information content (AvgIpc) is 2.21. The van der Waals surface area contributed by atoms with Crippen LogP contribution < -0.4 is 0 Å². The summed E-state index contributed by atoms with van der Waals surface area (Å²) < 4.78 is 0. The highest BCUT2D eigenvalue weighted by Gasteiger charge is 2.06. The minimum Gasteiger partial charge on any atom is -0.481 e. The number of carboxylic acid groups (broad SMARTS) is 2. The molecule has 0 aliphatic rings. The summed E-state index contributed by atoms with van der Waals surface area (Å²) in [6, 6.07) is 0. The molecule has 0 fully saturated rings. The highest BCUT2D eigenvalue weighted by Crippen LogP contribution is 2.11. The number of aliphatic carboxylic acids is 2. The van der Waals surface area contributed by atoms with Crippen LogP contribution in [0.5, 0.6) is 0 Å². The molecule has 0 heterocycles. The van der Waals surface area contributed by atoms with Crippen molar-refractivity contribution in [1.82, 2.24) is 0 Å². The van der Waals surface area contributed by atoms with Crippen LogP contribution >= 0.6 is 0 Å². The second-order valence-corrected chi connectivity index (χ2v) is 3.78. The molecule has 92 valence electrons. The van der Waals surface area contributed by atoms with Gasteiger partial charge in [-0.25, -0.2) is 4.79 Å². The Bertz CT molecular complexity index is 256. The Hall–Kier alpha value is -1.32. The quantitative estimate of drug-likeness (QED) is 0.470. The van der Waals surface area contributed by atoms with Crippen LogP contribution in [0.25, 0.3) is 0 Å². The van der Waals surface area contributed by atoms with Gasteiger partial charge in [-0.2, -0.15) is 0 Å². The summed E-state index contributed by atoms with van der Waals surface area (Å²) in [5.41, 5.74) is 0.416. The molecule has 0 saturated heterocycles. The molecule has 4 heteroatoms. The third-order valence-electron chi connectivity index (χ3n) is 2.31. The van der Waals surface area contributed by atoms with E-state index in [9.17, 15) is 9.59 Å². The van der Waals surface area contributed by atoms with E-state index in [-0.39, 0.29) is 6.42 Å². The Labute approximate surface area is 96.0 Å². The normalized spacial score (nSPS) is 11.4. The molecule has 0 amide bonds. The smallest absolute Gasteiger partial charge is 0.331 e. The van der Waals surface area contributed by atoms with Crippen LogP contribution in [-0.2, 0) is 9.59 Å². The number of carbonyl (C=O) groups is 2. The second kappa shape index (κ2) is 8.95. The minimum atomic E-state index is -0.883. The highest BCUT2D eigenvalue weighted by atomic mass is 16.4. The van der Waals surface area contributed by atoms with E-state index in [0.29, 0.717) is 24.8 Å². The van der Waals surface area contributed by atoms with E-state index in [1.165, 1.54) is 0 Å². The van der Waals surface area contributed by atoms with Crippen molar-refractivity contribution < 1.29 is 19.8 Å². The van der Waals surface area contributed by atoms with Crippen molar-refractivity contribution in [3.8, 4) is 0 Å². The molecule has 0 bridgehead atoms. The molecular weight excluding hydrogens is 208 g/mol. The van der Waals surface area contributed by atoms with Crippen LogP contribution in [0.3, 0.4) is 0 Å². The lowest BCUT2D eigenvalue weighted by atomic mass is 10.1. The standard InChI is InChI=1S/C12H20O4/c1-2-3-4-7-10(12(15)16)8-5-6-9-11(13)14/h7H,2-6,8-9H2,1H3,(H,13,14)(H,15,16). The maximum atomic E-state index is 10.8. The maximum absolute atomic E-state index is 10.8. The summed E-state index contributed by atoms with van der Waals surface area (Å²) in [6.45, 7) is 2.06. The molecule has 0 aromatic rings. The van der Waals surface area contributed by atoms with E-state index in [0.717, 1.165) is 19.3 Å². The van der Waals surface area contributed by atoms with E-state index in [1.54, 1.807) is 6.08 Å². The van der Waals surface area contributed by atoms with Crippen molar-refractivity contribution in [3.63, 3.8) is 0 Å². The monoisotopic (exact) mass is 228 g/mol. The molecule has 0 rings (SSSR count). The van der Waals surface area contributed by atoms with E-state index >= 15 is 0 Å². The van der Waals surface area contributed by atoms with Gasteiger partial charge in [-0.3, -0.25) is 4.79 Å². The topological polar surface area (TPSA) is 74.6 Å². The average molecular weight is 228 g/mol. The first-order valence-electron chi connectivity index (χ1n) is 5.72. The van der Waals surface area contributed by atoms with Gasteiger partial charge in [0.2, 0.25) is 0 Å². The van der Waals surface area contributed by atoms with Crippen LogP contribution in [-0.4, -0.2) is 22.2 Å². The third kappa shape index (κ3) is 8.03. The predicted octanol–water partition coefficient (Wildman–Crippen LogP) is 2.83. The fourth-order valence-corrected chi connectivity index (χ4v) is 1.37. The lowest BCUT2D eigenvalue weighted by molar-refractivity contribution is -0.137. The van der Waals surface area contributed by atoms with Gasteiger partial charge in [0.25, 0.3) is 0 Å². The lowest BCUT2D eigenvalue weighted by Gasteiger charge is -2.01. The summed E-state index contributed by atoms with van der Waals surface area (Å²) >= 11 is 0. The van der Waals surface area contributed by atoms with Crippen LogP contribution in [0.15, 0.2) is 11.6 Å². The van der Waals surface area contributed by atoms with Crippen molar-refractivity contribution in [2.45, 2.75) is 51.9 Å². The maximum Gasteiger partial charge on any atom is 0.331 e. The van der Waals surface area contributed by atoms with Gasteiger partial charge < -0.3 is 10.2 Å². The third-order valence-corrected chi connectivity index (χ3v) is 2.31. The van der Waals surface area contributed by atoms with Crippen molar-refractivity contribution in [2.75, 3.05) is 0 Å². The fraction of sp³-hybridized carbons (Fsp3) is 0.667. The first kappa shape index (κ1) is 14.7. The van der Waals surface area contributed by atoms with Crippen molar-refractivity contribution in [1.29, 1.82) is 0 Å². The molecule has 16 heavy (non-hydrogen) atoms. The fourth-order valence-electron chi connectivity index (χ4n) is 1.37. The zero-order valence-corrected chi connectivity index (χ0v) is 9.74. The molecule has 0 aliphatic heterocycles. The highest BCUT2D eigenvalue weighted by molar-refractivity contribution is 5.86. The van der Waals surface area contributed by atoms with Crippen LogP contribution in [0, 0.1) is 0 Å². The number of unbranched alkanes of at least 4 members (excludes halogenated alkanes) is 3. The van der Waals surface area contributed by atoms with Gasteiger partial charge in [-0.15, -0.1) is 0 Å². The predicted molar refractivity (Wildman–Crippen MR) is 61.3 cm³/mol. The number of allylic oxidation sites excluding steroid dienone is 1. The van der Waals surface area contributed by atoms with Gasteiger partial charge in [-0.05, 0) is 25.7 Å². The molecule has 0 aromatic carbocycles. The molecule has 0 aromatic heterocycles. The molecule has 0 radical (unpaired) electrons. The molecule has 0 atom stereocenters. The van der Waals surface area contributed by atoms with E-state index in [4.69, 9.17) is 10.2 Å². The first-order chi connectivity index (χ1) is 7.57. The molecule has 0 unspecified atom stereocenters. The zero-order chi connectivity index (χ0) is 12.4. The van der Waals surface area contributed by atoms with Gasteiger partial charge in [0.1, 0.15) is 0 Å². The van der Waals surface area contributed by atoms with E-state index in [1.807, 2.05) is 0 Å². The second-order valence-electron chi connectivity index (χ2n) is 3.78. The van der Waals surface area contributed by atoms with Gasteiger partial charge >= 0.3 is 11.9 Å². The van der Waals surface area contributed by atoms with Gasteiger partial charge in [0.05, 0.1) is 0 Å². The summed E-state index contributed by atoms with van der Waals surface area (Å²) in [7, 11) is 0. The van der Waals surface area contributed by atoms with E-state index < -0.39 is 11.9 Å². The Morgan fingerprint density at radius 2 is 1.69 bits per heavy atom. The number of hydrogen-bond donors (Lipinski definition) is 2. The SMILES string of the molecule is CCCCC=C(CCCCC(=O)O)C(=O)O. The number of hydrogen-bond acceptors (Lipinski definition) is 2. The van der Waals surface area contributed by atoms with Gasteiger partial charge in [-0.1, -0.05) is 25.8 Å². The Morgan fingerprint density at radius 1 is 1.06 bits per heavy atom. The summed E-state index contributed by atoms with van der Waals surface area (Å²) in [5, 5.41) is 17.3. The Morgan fingerprint density at radius 3 is 2.19 bits per heavy atom. The van der Waals surface area contributed by atoms with Crippen molar-refractivity contribution >= 4 is 11.9 Å². The van der Waals surface area contributed by atoms with Gasteiger partial charge in [0.15, 0.2) is 0 Å². The summed E-state index contributed by atoms with van der Waals surface area (Å²) in [4.78, 5) is 21.1. The molecule has 4 nitrogen and oxygen atoms in total. The van der Waals surface area contributed by atoms with E-state index in [2.05, 4.69) is 6.92 Å². The van der Waals surface area contributed by atoms with Crippen LogP contribution in [0.2, 0.25) is 0 Å². The molecule has 0 spiro atoms. The molecule has 2 N–H and O–H groups in total. The van der Waals surface area contributed by atoms with Crippen LogP contribution in [0.4, 0.5) is 0 Å².